The molecule has 0 amide bonds. The normalized spacial score (nSPS) is 11.0. The summed E-state index contributed by atoms with van der Waals surface area (Å²) in [6, 6.07) is 12.8. The molecular weight excluding hydrogens is 348 g/mol. The Morgan fingerprint density at radius 2 is 2.00 bits per heavy atom. The Morgan fingerprint density at radius 3 is 2.67 bits per heavy atom. The van der Waals surface area contributed by atoms with Crippen molar-refractivity contribution in [3.8, 4) is 23.4 Å². The van der Waals surface area contributed by atoms with Crippen LogP contribution in [0.25, 0.3) is 22.9 Å². The fraction of sp³-hybridized carbons (Fsp3) is 0.100. The van der Waals surface area contributed by atoms with E-state index in [1.165, 1.54) is 6.07 Å². The summed E-state index contributed by atoms with van der Waals surface area (Å²) in [7, 11) is 0. The highest BCUT2D eigenvalue weighted by molar-refractivity contribution is 5.91. The summed E-state index contributed by atoms with van der Waals surface area (Å²) in [5.41, 5.74) is 2.09. The van der Waals surface area contributed by atoms with E-state index in [0.717, 1.165) is 12.1 Å². The molecule has 0 aliphatic carbocycles. The summed E-state index contributed by atoms with van der Waals surface area (Å²) in [5.74, 6) is -1.94. The van der Waals surface area contributed by atoms with Crippen molar-refractivity contribution in [1.29, 1.82) is 10.5 Å². The summed E-state index contributed by atoms with van der Waals surface area (Å²) in [6.07, 6.45) is 5.07. The predicted octanol–water partition coefficient (Wildman–Crippen LogP) is 4.20. The number of allylic oxidation sites excluding steroid dienone is 1. The van der Waals surface area contributed by atoms with Gasteiger partial charge in [-0.2, -0.15) is 15.6 Å². The topological polar surface area (TPSA) is 78.3 Å². The van der Waals surface area contributed by atoms with Gasteiger partial charge in [-0.15, -0.1) is 0 Å². The van der Waals surface area contributed by atoms with Crippen LogP contribution in [0.1, 0.15) is 17.7 Å². The third-order valence-corrected chi connectivity index (χ3v) is 3.80. The van der Waals surface area contributed by atoms with Crippen LogP contribution in [0, 0.1) is 34.3 Å². The van der Waals surface area contributed by atoms with Gasteiger partial charge in [0.25, 0.3) is 0 Å². The van der Waals surface area contributed by atoms with Gasteiger partial charge in [0.2, 0.25) is 0 Å². The minimum atomic E-state index is -0.987. The molecule has 0 spiro atoms. The largest absolute Gasteiger partial charge is 0.270 e. The van der Waals surface area contributed by atoms with Crippen molar-refractivity contribution in [3.63, 3.8) is 0 Å². The van der Waals surface area contributed by atoms with E-state index in [1.807, 2.05) is 6.07 Å². The van der Waals surface area contributed by atoms with E-state index in [1.54, 1.807) is 41.4 Å². The predicted molar refractivity (Wildman–Crippen MR) is 95.5 cm³/mol. The number of hydrogen-bond acceptors (Lipinski definition) is 4. The molecule has 0 saturated carbocycles. The Balaban J connectivity index is 2.11. The molecule has 7 heteroatoms. The number of benzene rings is 1. The van der Waals surface area contributed by atoms with Gasteiger partial charge < -0.3 is 0 Å². The molecule has 3 aromatic rings. The first-order chi connectivity index (χ1) is 13.1. The van der Waals surface area contributed by atoms with Crippen molar-refractivity contribution in [2.24, 2.45) is 0 Å². The van der Waals surface area contributed by atoms with Gasteiger partial charge in [0.1, 0.15) is 6.07 Å². The van der Waals surface area contributed by atoms with Crippen LogP contribution in [0.3, 0.4) is 0 Å². The number of rotatable bonds is 5. The highest BCUT2D eigenvalue weighted by atomic mass is 19.2. The summed E-state index contributed by atoms with van der Waals surface area (Å²) >= 11 is 0. The van der Waals surface area contributed by atoms with Crippen molar-refractivity contribution in [2.75, 3.05) is 0 Å². The molecule has 0 bridgehead atoms. The molecule has 3 rings (SSSR count). The van der Waals surface area contributed by atoms with E-state index in [-0.39, 0.29) is 6.42 Å². The number of aromatic nitrogens is 3. The Hall–Kier alpha value is -3.84. The number of nitriles is 2. The molecule has 132 valence electrons. The zero-order valence-corrected chi connectivity index (χ0v) is 14.1. The molecule has 2 aromatic heterocycles. The molecule has 0 N–H and O–H groups in total. The van der Waals surface area contributed by atoms with Crippen molar-refractivity contribution in [1.82, 2.24) is 14.8 Å². The average molecular weight is 361 g/mol. The number of pyridine rings is 1. The lowest BCUT2D eigenvalue weighted by Gasteiger charge is -2.02. The van der Waals surface area contributed by atoms with E-state index in [0.29, 0.717) is 34.6 Å². The van der Waals surface area contributed by atoms with Crippen molar-refractivity contribution in [3.05, 3.63) is 71.7 Å². The summed E-state index contributed by atoms with van der Waals surface area (Å²) in [6.45, 7) is 0.340. The van der Waals surface area contributed by atoms with Crippen molar-refractivity contribution in [2.45, 2.75) is 13.0 Å². The van der Waals surface area contributed by atoms with Crippen LogP contribution in [-0.2, 0) is 6.54 Å². The number of aryl methyl sites for hydroxylation is 1. The first-order valence-electron chi connectivity index (χ1n) is 8.05. The highest BCUT2D eigenvalue weighted by Gasteiger charge is 2.14. The Bertz CT molecular complexity index is 1070. The average Bonchev–Trinajstić information content (AvgIpc) is 3.10. The monoisotopic (exact) mass is 361 g/mol. The minimum absolute atomic E-state index is 0.243. The summed E-state index contributed by atoms with van der Waals surface area (Å²) < 4.78 is 28.5. The van der Waals surface area contributed by atoms with Gasteiger partial charge in [0.15, 0.2) is 11.6 Å². The maximum atomic E-state index is 13.7. The van der Waals surface area contributed by atoms with E-state index in [9.17, 15) is 14.0 Å². The molecule has 1 aromatic carbocycles. The minimum Gasteiger partial charge on any atom is -0.270 e. The zero-order chi connectivity index (χ0) is 19.2. The summed E-state index contributed by atoms with van der Waals surface area (Å²) in [4.78, 5) is 4.16. The molecule has 2 heterocycles. The lowest BCUT2D eigenvalue weighted by molar-refractivity contribution is 0.509. The van der Waals surface area contributed by atoms with Crippen molar-refractivity contribution >= 4 is 11.6 Å². The Kier molecular flexibility index (Phi) is 5.34. The third kappa shape index (κ3) is 4.05. The Morgan fingerprint density at radius 1 is 1.15 bits per heavy atom. The van der Waals surface area contributed by atoms with Crippen molar-refractivity contribution < 1.29 is 8.78 Å². The lowest BCUT2D eigenvalue weighted by atomic mass is 10.0. The Labute approximate surface area is 154 Å². The van der Waals surface area contributed by atoms with Gasteiger partial charge in [-0.05, 0) is 36.4 Å². The van der Waals surface area contributed by atoms with E-state index < -0.39 is 11.6 Å². The second-order valence-corrected chi connectivity index (χ2v) is 5.62. The fourth-order valence-corrected chi connectivity index (χ4v) is 2.53. The second kappa shape index (κ2) is 8.03. The molecule has 0 saturated heterocycles. The first-order valence-corrected chi connectivity index (χ1v) is 8.05. The molecule has 0 fully saturated rings. The van der Waals surface area contributed by atoms with E-state index in [2.05, 4.69) is 16.2 Å². The van der Waals surface area contributed by atoms with Gasteiger partial charge in [-0.1, -0.05) is 6.07 Å². The maximum absolute atomic E-state index is 13.7. The SMILES string of the molecule is N#CCCn1cc(/C=C(/C#N)c2ccccn2)c(-c2ccc(F)c(F)c2)n1. The third-order valence-electron chi connectivity index (χ3n) is 3.80. The molecule has 0 aliphatic heterocycles. The van der Waals surface area contributed by atoms with Gasteiger partial charge in [0, 0.05) is 23.5 Å². The maximum Gasteiger partial charge on any atom is 0.159 e. The van der Waals surface area contributed by atoms with Crippen LogP contribution in [0.5, 0.6) is 0 Å². The zero-order valence-electron chi connectivity index (χ0n) is 14.1. The van der Waals surface area contributed by atoms with Crippen LogP contribution >= 0.6 is 0 Å². The second-order valence-electron chi connectivity index (χ2n) is 5.62. The lowest BCUT2D eigenvalue weighted by Crippen LogP contribution is -1.97. The summed E-state index contributed by atoms with van der Waals surface area (Å²) in [5, 5.41) is 22.6. The van der Waals surface area contributed by atoms with Crippen LogP contribution < -0.4 is 0 Å². The standard InChI is InChI=1S/C20H13F2N5/c21-17-6-5-14(11-18(17)22)20-16(13-27(26-20)9-3-7-23)10-15(12-24)19-4-1-2-8-25-19/h1-2,4-6,8,10-11,13H,3,9H2/b15-10-. The van der Waals surface area contributed by atoms with E-state index in [4.69, 9.17) is 5.26 Å². The molecule has 0 aliphatic rings. The van der Waals surface area contributed by atoms with Crippen LogP contribution in [0.4, 0.5) is 8.78 Å². The molecule has 27 heavy (non-hydrogen) atoms. The van der Waals surface area contributed by atoms with Crippen LogP contribution in [0.15, 0.2) is 48.8 Å². The van der Waals surface area contributed by atoms with Gasteiger partial charge in [0.05, 0.1) is 36.0 Å². The highest BCUT2D eigenvalue weighted by Crippen LogP contribution is 2.27. The number of hydrogen-bond donors (Lipinski definition) is 0. The molecule has 0 radical (unpaired) electrons. The molecular formula is C20H13F2N5. The molecule has 0 unspecified atom stereocenters. The van der Waals surface area contributed by atoms with Gasteiger partial charge >= 0.3 is 0 Å². The van der Waals surface area contributed by atoms with Crippen LogP contribution in [0.2, 0.25) is 0 Å². The fourth-order valence-electron chi connectivity index (χ4n) is 2.53. The quantitative estimate of drug-likeness (QED) is 0.638. The molecule has 0 atom stereocenters. The van der Waals surface area contributed by atoms with Gasteiger partial charge in [-0.25, -0.2) is 8.78 Å². The first kappa shape index (κ1) is 18.0. The molecule has 5 nitrogen and oxygen atoms in total. The van der Waals surface area contributed by atoms with E-state index >= 15 is 0 Å². The smallest absolute Gasteiger partial charge is 0.159 e. The number of nitrogens with zero attached hydrogens (tertiary/aromatic N) is 5. The number of halogens is 2. The van der Waals surface area contributed by atoms with Crippen LogP contribution in [-0.4, -0.2) is 14.8 Å². The van der Waals surface area contributed by atoms with Gasteiger partial charge in [-0.3, -0.25) is 9.67 Å².